The number of hydrogen-bond acceptors (Lipinski definition) is 6. The van der Waals surface area contributed by atoms with Crippen molar-refractivity contribution in [3.05, 3.63) is 46.9 Å². The smallest absolute Gasteiger partial charge is 0.148 e. The minimum absolute atomic E-state index is 0.572. The lowest BCUT2D eigenvalue weighted by Gasteiger charge is -2.33. The maximum absolute atomic E-state index is 5.54. The van der Waals surface area contributed by atoms with Crippen LogP contribution in [0.5, 0.6) is 0 Å². The fourth-order valence-corrected chi connectivity index (χ4v) is 3.54. The van der Waals surface area contributed by atoms with E-state index in [1.165, 1.54) is 16.7 Å². The van der Waals surface area contributed by atoms with Gasteiger partial charge in [-0.2, -0.15) is 5.10 Å². The molecule has 0 bridgehead atoms. The maximum Gasteiger partial charge on any atom is 0.148 e. The van der Waals surface area contributed by atoms with Gasteiger partial charge in [-0.25, -0.2) is 0 Å². The highest BCUT2D eigenvalue weighted by Gasteiger charge is 2.27. The molecule has 2 aliphatic heterocycles. The van der Waals surface area contributed by atoms with Crippen LogP contribution in [-0.2, 0) is 24.2 Å². The normalized spacial score (nSPS) is 20.8. The van der Waals surface area contributed by atoms with Crippen LogP contribution in [0.2, 0.25) is 0 Å². The molecule has 0 spiro atoms. The summed E-state index contributed by atoms with van der Waals surface area (Å²) < 4.78 is 5.54. The standard InChI is InChI=1S/C18H23N5O/c1-13-2-3-18(22-21-13)20-10-14-8-19-9-15-11-23(6-4-17(14)15)16-5-7-24-12-16/h2-3,8-9,16H,4-7,10-12H2,1H3,(H,20,22)/t16-/m1/s1. The van der Waals surface area contributed by atoms with E-state index in [9.17, 15) is 0 Å². The number of fused-ring (bicyclic) bond motifs is 1. The highest BCUT2D eigenvalue weighted by atomic mass is 16.5. The van der Waals surface area contributed by atoms with E-state index in [1.54, 1.807) is 0 Å². The van der Waals surface area contributed by atoms with Crippen molar-refractivity contribution in [1.29, 1.82) is 0 Å². The van der Waals surface area contributed by atoms with Gasteiger partial charge < -0.3 is 10.1 Å². The second-order valence-electron chi connectivity index (χ2n) is 6.59. The molecule has 126 valence electrons. The monoisotopic (exact) mass is 325 g/mol. The fourth-order valence-electron chi connectivity index (χ4n) is 3.54. The average molecular weight is 325 g/mol. The largest absolute Gasteiger partial charge is 0.380 e. The Labute approximate surface area is 142 Å². The number of hydrogen-bond donors (Lipinski definition) is 1. The highest BCUT2D eigenvalue weighted by molar-refractivity contribution is 5.39. The van der Waals surface area contributed by atoms with Crippen LogP contribution in [0.15, 0.2) is 24.5 Å². The third kappa shape index (κ3) is 3.25. The Hall–Kier alpha value is -2.05. The van der Waals surface area contributed by atoms with Crippen LogP contribution in [0.1, 0.15) is 28.8 Å². The van der Waals surface area contributed by atoms with Gasteiger partial charge in [0.2, 0.25) is 0 Å². The first kappa shape index (κ1) is 15.5. The molecular weight excluding hydrogens is 302 g/mol. The first-order chi connectivity index (χ1) is 11.8. The highest BCUT2D eigenvalue weighted by Crippen LogP contribution is 2.25. The molecule has 4 heterocycles. The van der Waals surface area contributed by atoms with Crippen molar-refractivity contribution in [2.75, 3.05) is 25.1 Å². The molecule has 0 saturated carbocycles. The number of ether oxygens (including phenoxy) is 1. The summed E-state index contributed by atoms with van der Waals surface area (Å²) in [6, 6.07) is 4.51. The van der Waals surface area contributed by atoms with Crippen LogP contribution in [0.3, 0.4) is 0 Å². The van der Waals surface area contributed by atoms with Gasteiger partial charge in [-0.05, 0) is 48.6 Å². The van der Waals surface area contributed by atoms with Crippen molar-refractivity contribution in [3.63, 3.8) is 0 Å². The zero-order valence-corrected chi connectivity index (χ0v) is 14.0. The predicted octanol–water partition coefficient (Wildman–Crippen LogP) is 1.94. The van der Waals surface area contributed by atoms with Gasteiger partial charge in [-0.3, -0.25) is 9.88 Å². The van der Waals surface area contributed by atoms with E-state index in [0.717, 1.165) is 57.2 Å². The van der Waals surface area contributed by atoms with Gasteiger partial charge in [0, 0.05) is 44.7 Å². The molecule has 2 aliphatic rings. The molecule has 2 aromatic heterocycles. The molecule has 6 nitrogen and oxygen atoms in total. The number of aryl methyl sites for hydroxylation is 1. The summed E-state index contributed by atoms with van der Waals surface area (Å²) in [6.45, 7) is 6.52. The molecule has 0 amide bonds. The van der Waals surface area contributed by atoms with Crippen molar-refractivity contribution in [2.45, 2.75) is 38.9 Å². The van der Waals surface area contributed by atoms with Gasteiger partial charge in [-0.15, -0.1) is 5.10 Å². The van der Waals surface area contributed by atoms with Crippen molar-refractivity contribution >= 4 is 5.82 Å². The number of aromatic nitrogens is 3. The maximum atomic E-state index is 5.54. The van der Waals surface area contributed by atoms with Gasteiger partial charge in [0.1, 0.15) is 5.82 Å². The van der Waals surface area contributed by atoms with Gasteiger partial charge >= 0.3 is 0 Å². The Balaban J connectivity index is 1.46. The third-order valence-electron chi connectivity index (χ3n) is 4.94. The molecule has 0 unspecified atom stereocenters. The lowest BCUT2D eigenvalue weighted by Crippen LogP contribution is -2.40. The summed E-state index contributed by atoms with van der Waals surface area (Å²) in [4.78, 5) is 6.99. The van der Waals surface area contributed by atoms with E-state index >= 15 is 0 Å². The zero-order valence-electron chi connectivity index (χ0n) is 14.0. The van der Waals surface area contributed by atoms with E-state index < -0.39 is 0 Å². The molecular formula is C18H23N5O. The second kappa shape index (κ2) is 6.83. The minimum Gasteiger partial charge on any atom is -0.380 e. The van der Waals surface area contributed by atoms with Crippen LogP contribution < -0.4 is 5.32 Å². The molecule has 1 saturated heterocycles. The van der Waals surface area contributed by atoms with E-state index in [2.05, 4.69) is 25.4 Å². The van der Waals surface area contributed by atoms with E-state index in [1.807, 2.05) is 31.5 Å². The Kier molecular flexibility index (Phi) is 4.40. The molecule has 0 radical (unpaired) electrons. The Morgan fingerprint density at radius 2 is 2.25 bits per heavy atom. The summed E-state index contributed by atoms with van der Waals surface area (Å²) in [5, 5.41) is 11.6. The average Bonchev–Trinajstić information content (AvgIpc) is 3.15. The first-order valence-corrected chi connectivity index (χ1v) is 8.60. The first-order valence-electron chi connectivity index (χ1n) is 8.60. The van der Waals surface area contributed by atoms with Crippen LogP contribution in [0, 0.1) is 6.92 Å². The topological polar surface area (TPSA) is 63.2 Å². The van der Waals surface area contributed by atoms with Crippen LogP contribution >= 0.6 is 0 Å². The SMILES string of the molecule is Cc1ccc(NCc2cncc3c2CCN([C@@H]2CCOC2)C3)nn1. The second-order valence-corrected chi connectivity index (χ2v) is 6.59. The molecule has 1 atom stereocenters. The Bertz CT molecular complexity index is 697. The number of rotatable bonds is 4. The minimum atomic E-state index is 0.572. The molecule has 1 fully saturated rings. The van der Waals surface area contributed by atoms with Crippen LogP contribution in [-0.4, -0.2) is 45.9 Å². The Morgan fingerprint density at radius 3 is 3.04 bits per heavy atom. The van der Waals surface area contributed by atoms with Gasteiger partial charge in [0.15, 0.2) is 0 Å². The fraction of sp³-hybridized carbons (Fsp3) is 0.500. The van der Waals surface area contributed by atoms with Gasteiger partial charge in [-0.1, -0.05) is 0 Å². The molecule has 24 heavy (non-hydrogen) atoms. The van der Waals surface area contributed by atoms with E-state index in [0.29, 0.717) is 6.04 Å². The third-order valence-corrected chi connectivity index (χ3v) is 4.94. The van der Waals surface area contributed by atoms with Gasteiger partial charge in [0.25, 0.3) is 0 Å². The van der Waals surface area contributed by atoms with Crippen LogP contribution in [0.25, 0.3) is 0 Å². The van der Waals surface area contributed by atoms with Crippen molar-refractivity contribution in [3.8, 4) is 0 Å². The molecule has 0 aromatic carbocycles. The quantitative estimate of drug-likeness (QED) is 0.927. The lowest BCUT2D eigenvalue weighted by molar-refractivity contribution is 0.134. The van der Waals surface area contributed by atoms with Crippen molar-refractivity contribution in [1.82, 2.24) is 20.1 Å². The molecule has 2 aromatic rings. The van der Waals surface area contributed by atoms with E-state index in [4.69, 9.17) is 4.74 Å². The van der Waals surface area contributed by atoms with E-state index in [-0.39, 0.29) is 0 Å². The molecule has 4 rings (SSSR count). The Morgan fingerprint density at radius 1 is 1.29 bits per heavy atom. The lowest BCUT2D eigenvalue weighted by atomic mass is 9.96. The molecule has 0 aliphatic carbocycles. The number of anilines is 1. The zero-order chi connectivity index (χ0) is 16.4. The number of nitrogens with zero attached hydrogens (tertiary/aromatic N) is 4. The molecule has 1 N–H and O–H groups in total. The van der Waals surface area contributed by atoms with Crippen molar-refractivity contribution < 1.29 is 4.74 Å². The molecule has 6 heteroatoms. The summed E-state index contributed by atoms with van der Waals surface area (Å²) in [5.74, 6) is 0.804. The summed E-state index contributed by atoms with van der Waals surface area (Å²) >= 11 is 0. The van der Waals surface area contributed by atoms with Crippen molar-refractivity contribution in [2.24, 2.45) is 0 Å². The summed E-state index contributed by atoms with van der Waals surface area (Å²) in [6.07, 6.45) is 6.22. The summed E-state index contributed by atoms with van der Waals surface area (Å²) in [5.41, 5.74) is 4.97. The predicted molar refractivity (Wildman–Crippen MR) is 91.7 cm³/mol. The van der Waals surface area contributed by atoms with Crippen LogP contribution in [0.4, 0.5) is 5.82 Å². The summed E-state index contributed by atoms with van der Waals surface area (Å²) in [7, 11) is 0. The van der Waals surface area contributed by atoms with Gasteiger partial charge in [0.05, 0.1) is 12.3 Å². The number of nitrogens with one attached hydrogen (secondary N) is 1. The number of pyridine rings is 1.